The number of rotatable bonds is 1. The summed E-state index contributed by atoms with van der Waals surface area (Å²) in [6.45, 7) is 2.75. The van der Waals surface area contributed by atoms with Crippen LogP contribution in [0.1, 0.15) is 6.92 Å². The van der Waals surface area contributed by atoms with Gasteiger partial charge < -0.3 is 10.2 Å². The molecule has 1 aromatic rings. The zero-order chi connectivity index (χ0) is 13.6. The van der Waals surface area contributed by atoms with Crippen LogP contribution in [-0.2, 0) is 9.59 Å². The molecule has 0 saturated carbocycles. The molecule has 2 aliphatic heterocycles. The summed E-state index contributed by atoms with van der Waals surface area (Å²) >= 11 is 0. The minimum Gasteiger partial charge on any atom is -0.306 e. The highest BCUT2D eigenvalue weighted by molar-refractivity contribution is 6.14. The average molecular weight is 263 g/mol. The number of benzene rings is 1. The first-order valence-corrected chi connectivity index (χ1v) is 6.27. The minimum absolute atomic E-state index is 0.172. The Labute approximate surface area is 110 Å². The Kier molecular flexibility index (Phi) is 2.74. The molecule has 3 rings (SSSR count). The number of carbonyl (C=O) groups is 2. The normalized spacial score (nSPS) is 22.3. The molecule has 1 N–H and O–H groups in total. The lowest BCUT2D eigenvalue weighted by Crippen LogP contribution is -2.64. The van der Waals surface area contributed by atoms with Crippen molar-refractivity contribution in [2.75, 3.05) is 29.4 Å². The number of piperazine rings is 1. The highest BCUT2D eigenvalue weighted by Gasteiger charge is 2.43. The van der Waals surface area contributed by atoms with Gasteiger partial charge in [0.05, 0.1) is 12.2 Å². The quantitative estimate of drug-likeness (QED) is 0.802. The van der Waals surface area contributed by atoms with E-state index in [1.165, 1.54) is 15.9 Å². The van der Waals surface area contributed by atoms with Crippen LogP contribution in [0.4, 0.5) is 15.8 Å². The van der Waals surface area contributed by atoms with E-state index >= 15 is 0 Å². The van der Waals surface area contributed by atoms with Crippen LogP contribution in [-0.4, -0.2) is 37.5 Å². The molecule has 5 nitrogen and oxygen atoms in total. The highest BCUT2D eigenvalue weighted by atomic mass is 19.1. The molecule has 100 valence electrons. The van der Waals surface area contributed by atoms with Gasteiger partial charge in [-0.3, -0.25) is 14.5 Å². The van der Waals surface area contributed by atoms with Crippen molar-refractivity contribution in [3.8, 4) is 0 Å². The summed E-state index contributed by atoms with van der Waals surface area (Å²) in [6, 6.07) is 3.98. The monoisotopic (exact) mass is 263 g/mol. The lowest BCUT2D eigenvalue weighted by molar-refractivity contribution is -0.126. The molecule has 1 unspecified atom stereocenters. The van der Waals surface area contributed by atoms with Gasteiger partial charge in [0.25, 0.3) is 5.91 Å². The van der Waals surface area contributed by atoms with Gasteiger partial charge in [-0.1, -0.05) is 6.07 Å². The van der Waals surface area contributed by atoms with Gasteiger partial charge in [0, 0.05) is 13.1 Å². The number of fused-ring (bicyclic) bond motifs is 3. The Balaban J connectivity index is 2.21. The van der Waals surface area contributed by atoms with Crippen LogP contribution in [0.5, 0.6) is 0 Å². The van der Waals surface area contributed by atoms with Crippen molar-refractivity contribution >= 4 is 23.2 Å². The number of anilines is 2. The fourth-order valence-electron chi connectivity index (χ4n) is 2.74. The third-order valence-electron chi connectivity index (χ3n) is 3.56. The second-order valence-corrected chi connectivity index (χ2v) is 4.60. The van der Waals surface area contributed by atoms with Crippen molar-refractivity contribution in [1.82, 2.24) is 5.32 Å². The molecule has 1 atom stereocenters. The lowest BCUT2D eigenvalue weighted by Gasteiger charge is -2.43. The molecule has 2 amide bonds. The average Bonchev–Trinajstić information content (AvgIpc) is 2.40. The Bertz CT molecular complexity index is 561. The SMILES string of the molecule is CCN1C(=O)C2CNCC(=O)N2c2cccc(F)c21. The maximum atomic E-state index is 14.0. The molecule has 0 bridgehead atoms. The van der Waals surface area contributed by atoms with Gasteiger partial charge in [-0.05, 0) is 19.1 Å². The lowest BCUT2D eigenvalue weighted by atomic mass is 10.0. The zero-order valence-corrected chi connectivity index (χ0v) is 10.5. The fourth-order valence-corrected chi connectivity index (χ4v) is 2.74. The molecule has 1 aromatic carbocycles. The molecular weight excluding hydrogens is 249 g/mol. The molecular formula is C13H14FN3O2. The van der Waals surface area contributed by atoms with Gasteiger partial charge in [0.1, 0.15) is 17.5 Å². The smallest absolute Gasteiger partial charge is 0.251 e. The third kappa shape index (κ3) is 1.63. The Morgan fingerprint density at radius 3 is 2.95 bits per heavy atom. The Hall–Kier alpha value is -1.95. The number of hydrogen-bond donors (Lipinski definition) is 1. The fraction of sp³-hybridized carbons (Fsp3) is 0.385. The van der Waals surface area contributed by atoms with Crippen LogP contribution < -0.4 is 15.1 Å². The van der Waals surface area contributed by atoms with E-state index in [1.54, 1.807) is 19.1 Å². The topological polar surface area (TPSA) is 52.7 Å². The second-order valence-electron chi connectivity index (χ2n) is 4.60. The largest absolute Gasteiger partial charge is 0.306 e. The van der Waals surface area contributed by atoms with Gasteiger partial charge in [-0.2, -0.15) is 0 Å². The van der Waals surface area contributed by atoms with Gasteiger partial charge in [0.15, 0.2) is 0 Å². The summed E-state index contributed by atoms with van der Waals surface area (Å²) in [6.07, 6.45) is 0. The number of likely N-dealkylation sites (N-methyl/N-ethyl adjacent to an activating group) is 1. The first kappa shape index (κ1) is 12.1. The van der Waals surface area contributed by atoms with Crippen molar-refractivity contribution < 1.29 is 14.0 Å². The number of hydrogen-bond acceptors (Lipinski definition) is 3. The van der Waals surface area contributed by atoms with E-state index in [1.807, 2.05) is 0 Å². The summed E-state index contributed by atoms with van der Waals surface area (Å²) in [7, 11) is 0. The molecule has 0 radical (unpaired) electrons. The predicted octanol–water partition coefficient (Wildman–Crippen LogP) is 0.497. The van der Waals surface area contributed by atoms with E-state index < -0.39 is 11.9 Å². The van der Waals surface area contributed by atoms with Crippen molar-refractivity contribution in [1.29, 1.82) is 0 Å². The maximum Gasteiger partial charge on any atom is 0.251 e. The number of carbonyl (C=O) groups excluding carboxylic acids is 2. The van der Waals surface area contributed by atoms with Crippen molar-refractivity contribution in [2.45, 2.75) is 13.0 Å². The van der Waals surface area contributed by atoms with Gasteiger partial charge in [-0.15, -0.1) is 0 Å². The van der Waals surface area contributed by atoms with Crippen LogP contribution in [0.15, 0.2) is 18.2 Å². The summed E-state index contributed by atoms with van der Waals surface area (Å²) in [5, 5.41) is 2.92. The molecule has 0 aliphatic carbocycles. The number of nitrogens with one attached hydrogen (secondary N) is 1. The molecule has 0 aromatic heterocycles. The van der Waals surface area contributed by atoms with Crippen LogP contribution in [0.2, 0.25) is 0 Å². The number of para-hydroxylation sites is 1. The summed E-state index contributed by atoms with van der Waals surface area (Å²) < 4.78 is 14.0. The minimum atomic E-state index is -0.574. The Morgan fingerprint density at radius 1 is 1.42 bits per heavy atom. The van der Waals surface area contributed by atoms with Crippen LogP contribution in [0, 0.1) is 5.82 Å². The zero-order valence-electron chi connectivity index (χ0n) is 10.5. The van der Waals surface area contributed by atoms with Gasteiger partial charge in [-0.25, -0.2) is 4.39 Å². The molecule has 1 fully saturated rings. The van der Waals surface area contributed by atoms with E-state index in [-0.39, 0.29) is 24.0 Å². The molecule has 6 heteroatoms. The van der Waals surface area contributed by atoms with E-state index in [4.69, 9.17) is 0 Å². The summed E-state index contributed by atoms with van der Waals surface area (Å²) in [4.78, 5) is 27.2. The van der Waals surface area contributed by atoms with Gasteiger partial charge >= 0.3 is 0 Å². The van der Waals surface area contributed by atoms with Crippen LogP contribution in [0.3, 0.4) is 0 Å². The summed E-state index contributed by atoms with van der Waals surface area (Å²) in [5.41, 5.74) is 0.694. The van der Waals surface area contributed by atoms with Gasteiger partial charge in [0.2, 0.25) is 5.91 Å². The first-order chi connectivity index (χ1) is 9.15. The van der Waals surface area contributed by atoms with E-state index in [9.17, 15) is 14.0 Å². The molecule has 19 heavy (non-hydrogen) atoms. The summed E-state index contributed by atoms with van der Waals surface area (Å²) in [5.74, 6) is -0.912. The highest BCUT2D eigenvalue weighted by Crippen LogP contribution is 2.38. The second kappa shape index (κ2) is 4.31. The standard InChI is InChI=1S/C13H14FN3O2/c1-2-16-12-8(14)4-3-5-9(12)17-10(13(16)19)6-15-7-11(17)18/h3-5,10,15H,2,6-7H2,1H3. The van der Waals surface area contributed by atoms with Crippen molar-refractivity contribution in [2.24, 2.45) is 0 Å². The number of halogens is 1. The molecule has 0 spiro atoms. The maximum absolute atomic E-state index is 14.0. The van der Waals surface area contributed by atoms with Crippen LogP contribution >= 0.6 is 0 Å². The first-order valence-electron chi connectivity index (χ1n) is 6.27. The predicted molar refractivity (Wildman–Crippen MR) is 68.6 cm³/mol. The van der Waals surface area contributed by atoms with E-state index in [0.29, 0.717) is 18.8 Å². The van der Waals surface area contributed by atoms with E-state index in [2.05, 4.69) is 5.32 Å². The van der Waals surface area contributed by atoms with E-state index in [0.717, 1.165) is 0 Å². The van der Waals surface area contributed by atoms with Crippen LogP contribution in [0.25, 0.3) is 0 Å². The van der Waals surface area contributed by atoms with Crippen molar-refractivity contribution in [3.05, 3.63) is 24.0 Å². The van der Waals surface area contributed by atoms with Crippen molar-refractivity contribution in [3.63, 3.8) is 0 Å². The molecule has 2 aliphatic rings. The molecule has 1 saturated heterocycles. The number of amides is 2. The number of nitrogens with zero attached hydrogens (tertiary/aromatic N) is 2. The Morgan fingerprint density at radius 2 is 2.21 bits per heavy atom. The third-order valence-corrected chi connectivity index (χ3v) is 3.56. The molecule has 2 heterocycles.